The molecule has 94 valence electrons. The lowest BCUT2D eigenvalue weighted by molar-refractivity contribution is 0.627. The lowest BCUT2D eigenvalue weighted by Crippen LogP contribution is -2.25. The van der Waals surface area contributed by atoms with Crippen LogP contribution in [0.4, 0.5) is 10.1 Å². The quantitative estimate of drug-likeness (QED) is 0.896. The Morgan fingerprint density at radius 3 is 2.94 bits per heavy atom. The molecule has 0 radical (unpaired) electrons. The maximum absolute atomic E-state index is 12.9. The summed E-state index contributed by atoms with van der Waals surface area (Å²) in [5.41, 5.74) is 1.13. The molecule has 1 N–H and O–H groups in total. The molecule has 0 saturated heterocycles. The van der Waals surface area contributed by atoms with E-state index in [1.54, 1.807) is 31.3 Å². The predicted octanol–water partition coefficient (Wildman–Crippen LogP) is 1.80. The van der Waals surface area contributed by atoms with E-state index < -0.39 is 0 Å². The van der Waals surface area contributed by atoms with Gasteiger partial charge in [-0.25, -0.2) is 9.18 Å². The molecule has 0 bridgehead atoms. The van der Waals surface area contributed by atoms with Crippen molar-refractivity contribution in [2.75, 3.05) is 11.9 Å². The normalized spacial score (nSPS) is 10.3. The molecular formula is C13H14FN3O. The van der Waals surface area contributed by atoms with Gasteiger partial charge in [0.25, 0.3) is 0 Å². The van der Waals surface area contributed by atoms with Gasteiger partial charge in [0.1, 0.15) is 5.82 Å². The van der Waals surface area contributed by atoms with Gasteiger partial charge in [0.15, 0.2) is 0 Å². The van der Waals surface area contributed by atoms with Gasteiger partial charge in [-0.3, -0.25) is 4.57 Å². The number of rotatable bonds is 4. The molecule has 0 aliphatic heterocycles. The summed E-state index contributed by atoms with van der Waals surface area (Å²) in [7, 11) is 0. The molecule has 18 heavy (non-hydrogen) atoms. The van der Waals surface area contributed by atoms with Gasteiger partial charge in [-0.15, -0.1) is 0 Å². The van der Waals surface area contributed by atoms with Crippen molar-refractivity contribution in [3.63, 3.8) is 0 Å². The van der Waals surface area contributed by atoms with Crippen molar-refractivity contribution >= 4 is 5.69 Å². The van der Waals surface area contributed by atoms with E-state index in [0.29, 0.717) is 24.5 Å². The second kappa shape index (κ2) is 5.44. The molecule has 0 aliphatic carbocycles. The first-order valence-electron chi connectivity index (χ1n) is 5.69. The third-order valence-corrected chi connectivity index (χ3v) is 2.52. The zero-order valence-corrected chi connectivity index (χ0v) is 10.1. The molecule has 0 aliphatic rings. The molecule has 0 fully saturated rings. The third-order valence-electron chi connectivity index (χ3n) is 2.52. The van der Waals surface area contributed by atoms with Crippen LogP contribution in [0.25, 0.3) is 0 Å². The van der Waals surface area contributed by atoms with Gasteiger partial charge in [0.2, 0.25) is 0 Å². The summed E-state index contributed by atoms with van der Waals surface area (Å²) in [5.74, 6) is -0.283. The van der Waals surface area contributed by atoms with Crippen LogP contribution in [0.1, 0.15) is 5.69 Å². The number of nitrogens with one attached hydrogen (secondary N) is 1. The molecule has 2 rings (SSSR count). The summed E-state index contributed by atoms with van der Waals surface area (Å²) in [6.07, 6.45) is 1.71. The van der Waals surface area contributed by atoms with Gasteiger partial charge < -0.3 is 5.32 Å². The predicted molar refractivity (Wildman–Crippen MR) is 68.1 cm³/mol. The highest BCUT2D eigenvalue weighted by molar-refractivity contribution is 5.42. The van der Waals surface area contributed by atoms with Crippen molar-refractivity contribution in [1.82, 2.24) is 9.55 Å². The summed E-state index contributed by atoms with van der Waals surface area (Å²) in [5, 5.41) is 3.05. The minimum atomic E-state index is -0.283. The molecule has 1 aromatic carbocycles. The van der Waals surface area contributed by atoms with Gasteiger partial charge in [-0.05, 0) is 31.2 Å². The molecule has 4 nitrogen and oxygen atoms in total. The largest absolute Gasteiger partial charge is 0.383 e. The fourth-order valence-corrected chi connectivity index (χ4v) is 1.60. The Morgan fingerprint density at radius 2 is 2.22 bits per heavy atom. The number of aromatic nitrogens is 2. The van der Waals surface area contributed by atoms with E-state index in [1.165, 1.54) is 16.7 Å². The van der Waals surface area contributed by atoms with Crippen molar-refractivity contribution in [1.29, 1.82) is 0 Å². The highest BCUT2D eigenvalue weighted by Gasteiger charge is 1.98. The number of nitrogens with zero attached hydrogens (tertiary/aromatic N) is 2. The molecule has 0 spiro atoms. The molecule has 0 amide bonds. The van der Waals surface area contributed by atoms with Gasteiger partial charge in [-0.1, -0.05) is 6.07 Å². The Balaban J connectivity index is 1.94. The number of halogens is 1. The van der Waals surface area contributed by atoms with E-state index in [-0.39, 0.29) is 11.5 Å². The smallest absolute Gasteiger partial charge is 0.347 e. The van der Waals surface area contributed by atoms with E-state index in [1.807, 2.05) is 0 Å². The van der Waals surface area contributed by atoms with E-state index in [9.17, 15) is 9.18 Å². The Kier molecular flexibility index (Phi) is 3.72. The average molecular weight is 247 g/mol. The van der Waals surface area contributed by atoms with Gasteiger partial charge in [0.05, 0.1) is 0 Å². The summed E-state index contributed by atoms with van der Waals surface area (Å²) in [6, 6.07) is 8.00. The van der Waals surface area contributed by atoms with Crippen LogP contribution in [-0.4, -0.2) is 16.1 Å². The Bertz CT molecular complexity index is 595. The van der Waals surface area contributed by atoms with Crippen LogP contribution in [0.3, 0.4) is 0 Å². The SMILES string of the molecule is Cc1ccn(CCNc2cccc(F)c2)c(=O)n1. The Morgan fingerprint density at radius 1 is 1.39 bits per heavy atom. The number of anilines is 1. The number of aryl methyl sites for hydroxylation is 1. The van der Waals surface area contributed by atoms with Crippen LogP contribution in [0.5, 0.6) is 0 Å². The fourth-order valence-electron chi connectivity index (χ4n) is 1.60. The van der Waals surface area contributed by atoms with Crippen molar-refractivity contribution < 1.29 is 4.39 Å². The fraction of sp³-hybridized carbons (Fsp3) is 0.231. The monoisotopic (exact) mass is 247 g/mol. The second-order valence-electron chi connectivity index (χ2n) is 3.98. The molecule has 2 aromatic rings. The number of benzene rings is 1. The van der Waals surface area contributed by atoms with Gasteiger partial charge >= 0.3 is 5.69 Å². The van der Waals surface area contributed by atoms with E-state index in [0.717, 1.165) is 0 Å². The van der Waals surface area contributed by atoms with E-state index >= 15 is 0 Å². The molecular weight excluding hydrogens is 233 g/mol. The van der Waals surface area contributed by atoms with Crippen molar-refractivity contribution in [2.24, 2.45) is 0 Å². The first-order chi connectivity index (χ1) is 8.65. The van der Waals surface area contributed by atoms with Crippen LogP contribution in [-0.2, 0) is 6.54 Å². The topological polar surface area (TPSA) is 46.9 Å². The summed E-state index contributed by atoms with van der Waals surface area (Å²) in [6.45, 7) is 2.80. The van der Waals surface area contributed by atoms with Crippen molar-refractivity contribution in [2.45, 2.75) is 13.5 Å². The van der Waals surface area contributed by atoms with Crippen LogP contribution >= 0.6 is 0 Å². The van der Waals surface area contributed by atoms with Crippen molar-refractivity contribution in [3.05, 3.63) is 58.5 Å². The first-order valence-corrected chi connectivity index (χ1v) is 5.69. The first kappa shape index (κ1) is 12.3. The standard InChI is InChI=1S/C13H14FN3O/c1-10-5-7-17(13(18)16-10)8-6-15-12-4-2-3-11(14)9-12/h2-5,7,9,15H,6,8H2,1H3. The Labute approximate surface area is 104 Å². The minimum absolute atomic E-state index is 0.268. The molecule has 0 saturated carbocycles. The summed E-state index contributed by atoms with van der Waals surface area (Å²) < 4.78 is 14.4. The number of hydrogen-bond donors (Lipinski definition) is 1. The van der Waals surface area contributed by atoms with Crippen LogP contribution in [0.15, 0.2) is 41.3 Å². The van der Waals surface area contributed by atoms with Crippen LogP contribution < -0.4 is 11.0 Å². The summed E-state index contributed by atoms with van der Waals surface area (Å²) >= 11 is 0. The van der Waals surface area contributed by atoms with Crippen LogP contribution in [0.2, 0.25) is 0 Å². The van der Waals surface area contributed by atoms with E-state index in [4.69, 9.17) is 0 Å². The van der Waals surface area contributed by atoms with Gasteiger partial charge in [0, 0.05) is 30.7 Å². The molecule has 0 unspecified atom stereocenters. The van der Waals surface area contributed by atoms with Crippen molar-refractivity contribution in [3.8, 4) is 0 Å². The maximum atomic E-state index is 12.9. The highest BCUT2D eigenvalue weighted by atomic mass is 19.1. The van der Waals surface area contributed by atoms with E-state index in [2.05, 4.69) is 10.3 Å². The van der Waals surface area contributed by atoms with Crippen LogP contribution in [0, 0.1) is 12.7 Å². The summed E-state index contributed by atoms with van der Waals surface area (Å²) in [4.78, 5) is 15.3. The molecule has 1 aromatic heterocycles. The lowest BCUT2D eigenvalue weighted by atomic mass is 10.3. The average Bonchev–Trinajstić information content (AvgIpc) is 2.32. The molecule has 5 heteroatoms. The molecule has 0 atom stereocenters. The Hall–Kier alpha value is -2.17. The zero-order valence-electron chi connectivity index (χ0n) is 10.1. The minimum Gasteiger partial charge on any atom is -0.383 e. The lowest BCUT2D eigenvalue weighted by Gasteiger charge is -2.08. The number of hydrogen-bond acceptors (Lipinski definition) is 3. The molecule has 1 heterocycles. The zero-order chi connectivity index (χ0) is 13.0. The third kappa shape index (κ3) is 3.16. The maximum Gasteiger partial charge on any atom is 0.347 e. The second-order valence-corrected chi connectivity index (χ2v) is 3.98. The highest BCUT2D eigenvalue weighted by Crippen LogP contribution is 2.08. The van der Waals surface area contributed by atoms with Gasteiger partial charge in [-0.2, -0.15) is 4.98 Å².